The van der Waals surface area contributed by atoms with Gasteiger partial charge in [-0.2, -0.15) is 5.26 Å². The number of halogens is 1. The van der Waals surface area contributed by atoms with Crippen molar-refractivity contribution in [1.82, 2.24) is 14.8 Å². The summed E-state index contributed by atoms with van der Waals surface area (Å²) < 4.78 is 24.3. The molecule has 0 bridgehead atoms. The van der Waals surface area contributed by atoms with Gasteiger partial charge in [-0.15, -0.1) is 0 Å². The van der Waals surface area contributed by atoms with Crippen LogP contribution in [0.25, 0.3) is 11.3 Å². The van der Waals surface area contributed by atoms with E-state index in [-0.39, 0.29) is 11.9 Å². The van der Waals surface area contributed by atoms with Crippen molar-refractivity contribution in [2.75, 3.05) is 26.2 Å². The van der Waals surface area contributed by atoms with Gasteiger partial charge < -0.3 is 14.4 Å². The fraction of sp³-hybridized carbons (Fsp3) is 0.321. The van der Waals surface area contributed by atoms with Crippen LogP contribution in [0.1, 0.15) is 32.0 Å². The molecule has 1 fully saturated rings. The van der Waals surface area contributed by atoms with E-state index < -0.39 is 5.60 Å². The number of hydrogen-bond acceptors (Lipinski definition) is 6. The average molecular weight is 489 g/mol. The summed E-state index contributed by atoms with van der Waals surface area (Å²) in [7, 11) is 0. The maximum atomic E-state index is 13.1. The van der Waals surface area contributed by atoms with Gasteiger partial charge in [0.25, 0.3) is 0 Å². The molecule has 0 unspecified atom stereocenters. The van der Waals surface area contributed by atoms with E-state index in [1.165, 1.54) is 12.1 Å². The number of carbonyl (C=O) groups excluding carboxylic acids is 1. The molecular formula is C28H29FN4O3. The zero-order chi connectivity index (χ0) is 25.7. The molecule has 2 heterocycles. The minimum Gasteiger partial charge on any atom is -0.457 e. The van der Waals surface area contributed by atoms with Crippen LogP contribution in [0, 0.1) is 17.1 Å². The lowest BCUT2D eigenvalue weighted by molar-refractivity contribution is 0.0139. The summed E-state index contributed by atoms with van der Waals surface area (Å²) in [6.45, 7) is 8.85. The number of hydrogen-bond donors (Lipinski definition) is 0. The van der Waals surface area contributed by atoms with Crippen molar-refractivity contribution in [3.05, 3.63) is 77.7 Å². The highest BCUT2D eigenvalue weighted by atomic mass is 19.1. The average Bonchev–Trinajstić information content (AvgIpc) is 2.85. The lowest BCUT2D eigenvalue weighted by atomic mass is 10.1. The Hall–Kier alpha value is -3.96. The van der Waals surface area contributed by atoms with E-state index in [4.69, 9.17) is 9.47 Å². The van der Waals surface area contributed by atoms with Crippen LogP contribution in [0.4, 0.5) is 9.18 Å². The smallest absolute Gasteiger partial charge is 0.410 e. The minimum atomic E-state index is -0.513. The number of nitrogens with zero attached hydrogens (tertiary/aromatic N) is 4. The first-order valence-electron chi connectivity index (χ1n) is 11.8. The second-order valence-corrected chi connectivity index (χ2v) is 9.68. The first kappa shape index (κ1) is 25.1. The van der Waals surface area contributed by atoms with Crippen LogP contribution >= 0.6 is 0 Å². The highest BCUT2D eigenvalue weighted by molar-refractivity contribution is 5.68. The molecule has 1 amide bonds. The number of rotatable bonds is 5. The molecule has 7 nitrogen and oxygen atoms in total. The third kappa shape index (κ3) is 6.80. The molecule has 4 rings (SSSR count). The fourth-order valence-electron chi connectivity index (χ4n) is 3.89. The molecule has 0 atom stereocenters. The van der Waals surface area contributed by atoms with Gasteiger partial charge in [-0.1, -0.05) is 0 Å². The largest absolute Gasteiger partial charge is 0.457 e. The molecule has 1 aliphatic heterocycles. The van der Waals surface area contributed by atoms with Crippen molar-refractivity contribution >= 4 is 6.09 Å². The quantitative estimate of drug-likeness (QED) is 0.465. The number of amides is 1. The minimum absolute atomic E-state index is 0.285. The topological polar surface area (TPSA) is 78.7 Å². The first-order chi connectivity index (χ1) is 17.2. The maximum Gasteiger partial charge on any atom is 0.410 e. The van der Waals surface area contributed by atoms with E-state index in [0.717, 1.165) is 11.1 Å². The van der Waals surface area contributed by atoms with Crippen LogP contribution in [-0.2, 0) is 11.3 Å². The van der Waals surface area contributed by atoms with E-state index in [1.807, 2.05) is 51.1 Å². The van der Waals surface area contributed by atoms with Crippen LogP contribution in [0.3, 0.4) is 0 Å². The standard InChI is InChI=1S/C28H29FN4O3/c1-28(2,3)36-27(34)33-14-12-32(13-15-33)19-20-16-23(18-30)31-26(17-20)21-4-8-24(9-5-21)35-25-10-6-22(29)7-11-25/h4-11,16-17H,12-15,19H2,1-3H3. The Morgan fingerprint density at radius 2 is 1.61 bits per heavy atom. The molecule has 186 valence electrons. The Kier molecular flexibility index (Phi) is 7.51. The molecule has 1 aliphatic rings. The van der Waals surface area contributed by atoms with E-state index >= 15 is 0 Å². The predicted molar refractivity (Wildman–Crippen MR) is 134 cm³/mol. The molecular weight excluding hydrogens is 459 g/mol. The van der Waals surface area contributed by atoms with Crippen molar-refractivity contribution in [2.24, 2.45) is 0 Å². The number of pyridine rings is 1. The summed E-state index contributed by atoms with van der Waals surface area (Å²) >= 11 is 0. The molecule has 1 saturated heterocycles. The van der Waals surface area contributed by atoms with Crippen LogP contribution < -0.4 is 4.74 Å². The molecule has 2 aromatic carbocycles. The van der Waals surface area contributed by atoms with Gasteiger partial charge in [-0.3, -0.25) is 4.90 Å². The van der Waals surface area contributed by atoms with Gasteiger partial charge >= 0.3 is 6.09 Å². The number of nitriles is 1. The van der Waals surface area contributed by atoms with Crippen LogP contribution in [0.5, 0.6) is 11.5 Å². The number of benzene rings is 2. The third-order valence-corrected chi connectivity index (χ3v) is 5.63. The molecule has 0 radical (unpaired) electrons. The zero-order valence-corrected chi connectivity index (χ0v) is 20.7. The Morgan fingerprint density at radius 1 is 1.00 bits per heavy atom. The summed E-state index contributed by atoms with van der Waals surface area (Å²) in [5.74, 6) is 0.842. The van der Waals surface area contributed by atoms with Gasteiger partial charge in [0, 0.05) is 38.3 Å². The molecule has 3 aromatic rings. The monoisotopic (exact) mass is 488 g/mol. The van der Waals surface area contributed by atoms with Crippen molar-refractivity contribution < 1.29 is 18.7 Å². The second-order valence-electron chi connectivity index (χ2n) is 9.68. The van der Waals surface area contributed by atoms with Crippen LogP contribution in [-0.4, -0.2) is 52.7 Å². The Balaban J connectivity index is 1.41. The Morgan fingerprint density at radius 3 is 2.19 bits per heavy atom. The first-order valence-corrected chi connectivity index (χ1v) is 11.8. The van der Waals surface area contributed by atoms with Gasteiger partial charge in [0.1, 0.15) is 34.7 Å². The highest BCUT2D eigenvalue weighted by Crippen LogP contribution is 2.26. The summed E-state index contributed by atoms with van der Waals surface area (Å²) in [4.78, 5) is 20.8. The van der Waals surface area contributed by atoms with Gasteiger partial charge in [0.05, 0.1) is 5.69 Å². The van der Waals surface area contributed by atoms with Gasteiger partial charge in [-0.25, -0.2) is 14.2 Å². The summed E-state index contributed by atoms with van der Waals surface area (Å²) in [6.07, 6.45) is -0.285. The zero-order valence-electron chi connectivity index (χ0n) is 20.7. The number of piperazine rings is 1. The van der Waals surface area contributed by atoms with Gasteiger partial charge in [0.2, 0.25) is 0 Å². The van der Waals surface area contributed by atoms with Crippen molar-refractivity contribution in [3.8, 4) is 28.8 Å². The number of carbonyl (C=O) groups is 1. The van der Waals surface area contributed by atoms with E-state index in [0.29, 0.717) is 55.6 Å². The Labute approximate surface area is 210 Å². The van der Waals surface area contributed by atoms with Crippen molar-refractivity contribution in [1.29, 1.82) is 5.26 Å². The number of ether oxygens (including phenoxy) is 2. The highest BCUT2D eigenvalue weighted by Gasteiger charge is 2.26. The molecule has 8 heteroatoms. The molecule has 0 spiro atoms. The molecule has 36 heavy (non-hydrogen) atoms. The molecule has 0 saturated carbocycles. The molecule has 0 N–H and O–H groups in total. The van der Waals surface area contributed by atoms with Crippen LogP contribution in [0.2, 0.25) is 0 Å². The van der Waals surface area contributed by atoms with E-state index in [1.54, 1.807) is 23.1 Å². The summed E-state index contributed by atoms with van der Waals surface area (Å²) in [5.41, 5.74) is 2.37. The summed E-state index contributed by atoms with van der Waals surface area (Å²) in [6, 6.07) is 19.2. The van der Waals surface area contributed by atoms with Crippen molar-refractivity contribution in [2.45, 2.75) is 32.9 Å². The normalized spacial score (nSPS) is 14.2. The predicted octanol–water partition coefficient (Wildman–Crippen LogP) is 5.60. The molecule has 1 aromatic heterocycles. The van der Waals surface area contributed by atoms with E-state index in [2.05, 4.69) is 16.0 Å². The molecule has 0 aliphatic carbocycles. The van der Waals surface area contributed by atoms with Crippen LogP contribution in [0.15, 0.2) is 60.7 Å². The summed E-state index contributed by atoms with van der Waals surface area (Å²) in [5, 5.41) is 9.52. The fourth-order valence-corrected chi connectivity index (χ4v) is 3.89. The Bertz CT molecular complexity index is 1240. The van der Waals surface area contributed by atoms with E-state index in [9.17, 15) is 14.4 Å². The van der Waals surface area contributed by atoms with Gasteiger partial charge in [0.15, 0.2) is 0 Å². The SMILES string of the molecule is CC(C)(C)OC(=O)N1CCN(Cc2cc(C#N)nc(-c3ccc(Oc4ccc(F)cc4)cc3)c2)CC1. The van der Waals surface area contributed by atoms with Gasteiger partial charge in [-0.05, 0) is 87.0 Å². The second kappa shape index (κ2) is 10.8. The lowest BCUT2D eigenvalue weighted by Crippen LogP contribution is -2.49. The third-order valence-electron chi connectivity index (χ3n) is 5.63. The number of aromatic nitrogens is 1. The lowest BCUT2D eigenvalue weighted by Gasteiger charge is -2.35. The van der Waals surface area contributed by atoms with Crippen molar-refractivity contribution in [3.63, 3.8) is 0 Å². The maximum absolute atomic E-state index is 13.1.